The maximum atomic E-state index is 6.58. The van der Waals surface area contributed by atoms with Crippen molar-refractivity contribution in [1.29, 1.82) is 0 Å². The highest BCUT2D eigenvalue weighted by atomic mass is 79.9. The first-order valence-corrected chi connectivity index (χ1v) is 38.9. The first kappa shape index (κ1) is 66.3. The molecule has 0 spiro atoms. The number of hydrogen-bond acceptors (Lipinski definition) is 16. The van der Waals surface area contributed by atoms with Crippen LogP contribution in [0.2, 0.25) is 0 Å². The second-order valence-electron chi connectivity index (χ2n) is 21.3. The van der Waals surface area contributed by atoms with Gasteiger partial charge in [-0.15, -0.1) is 0 Å². The molecule has 0 bridgehead atoms. The van der Waals surface area contributed by atoms with E-state index in [0.29, 0.717) is 22.2 Å². The maximum absolute atomic E-state index is 6.58. The van der Waals surface area contributed by atoms with Crippen LogP contribution in [0, 0.1) is 0 Å². The summed E-state index contributed by atoms with van der Waals surface area (Å²) in [5.41, 5.74) is 18.6. The lowest BCUT2D eigenvalue weighted by Gasteiger charge is -2.24. The Bertz CT molecular complexity index is 5790. The van der Waals surface area contributed by atoms with E-state index >= 15 is 0 Å². The van der Waals surface area contributed by atoms with E-state index in [1.807, 2.05) is 164 Å². The average molecular weight is 1540 g/mol. The predicted octanol–water partition coefficient (Wildman–Crippen LogP) is 23.0. The summed E-state index contributed by atoms with van der Waals surface area (Å²) in [6.07, 6.45) is 7.23. The van der Waals surface area contributed by atoms with Gasteiger partial charge in [-0.25, -0.2) is 19.9 Å². The molecule has 22 heteroatoms. The van der Waals surface area contributed by atoms with Crippen LogP contribution in [0.25, 0.3) is 110 Å². The highest BCUT2D eigenvalue weighted by Crippen LogP contribution is 2.43. The summed E-state index contributed by atoms with van der Waals surface area (Å²) in [6, 6.07) is 81.7. The zero-order valence-electron chi connectivity index (χ0n) is 49.6. The zero-order chi connectivity index (χ0) is 65.5. The summed E-state index contributed by atoms with van der Waals surface area (Å²) in [4.78, 5) is 22.8. The maximum Gasteiger partial charge on any atom is 0.157 e. The van der Waals surface area contributed by atoms with E-state index in [0.717, 1.165) is 142 Å². The number of anilines is 8. The number of aromatic nitrogens is 4. The summed E-state index contributed by atoms with van der Waals surface area (Å²) in [5, 5.41) is 10.0. The van der Waals surface area contributed by atoms with Gasteiger partial charge in [-0.2, -0.15) is 0 Å². The van der Waals surface area contributed by atoms with Crippen LogP contribution in [0.5, 0.6) is 0 Å². The van der Waals surface area contributed by atoms with Crippen LogP contribution in [-0.2, 0) is 80.3 Å². The number of benzene rings is 9. The van der Waals surface area contributed by atoms with Crippen LogP contribution in [0.4, 0.5) is 45.5 Å². The molecule has 0 aliphatic heterocycles. The van der Waals surface area contributed by atoms with E-state index in [-0.39, 0.29) is 7.43 Å². The minimum absolute atomic E-state index is 0. The molecule has 0 saturated heterocycles. The summed E-state index contributed by atoms with van der Waals surface area (Å²) >= 11 is 23.1. The number of halogens is 2. The van der Waals surface area contributed by atoms with Crippen LogP contribution < -0.4 is 15.1 Å². The number of rotatable bonds is 8. The van der Waals surface area contributed by atoms with E-state index in [2.05, 4.69) is 193 Å². The van der Waals surface area contributed by atoms with Crippen molar-refractivity contribution in [1.82, 2.24) is 19.9 Å². The first-order valence-electron chi connectivity index (χ1n) is 29.3. The van der Waals surface area contributed by atoms with Crippen LogP contribution in [-0.4, -0.2) is 19.9 Å². The van der Waals surface area contributed by atoms with Gasteiger partial charge in [-0.1, -0.05) is 117 Å². The largest absolute Gasteiger partial charge is 0.456 e. The fraction of sp³-hybridized carbons (Fsp3) is 0.0133. The smallest absolute Gasteiger partial charge is 0.157 e. The number of para-hydroxylation sites is 6. The Balaban J connectivity index is 0.000000156. The lowest BCUT2D eigenvalue weighted by molar-refractivity contribution is 0.666. The van der Waals surface area contributed by atoms with Gasteiger partial charge in [-0.3, -0.25) is 0 Å². The molecular weight excluding hydrogens is 1500 g/mol. The van der Waals surface area contributed by atoms with Gasteiger partial charge in [0.15, 0.2) is 22.3 Å². The molecule has 18 aromatic rings. The number of nitrogens with zero attached hydrogens (tertiary/aromatic N) is 6. The standard InChI is InChI=1S/C46H28N4O3.C18H13NO.C10H4Br2N2O.CH4.S6.S2/c1-3-11-29(12-4-1)49(31-19-21-37-35-15-7-9-17-39(35)51-41(37)23-31)33-25-43-45(47-27-33)46-44(53-43)26-34(28-48-46)50(30-13-5-2-6-14-30)32-20-22-38-36-16-8-10-18-40(36)52-42(38)24-32;1-2-6-13(7-3-1)19-14-10-11-16-15-8-4-5-9-17(15)20-18(16)12-14;11-5-1-7-9(13-3-5)10-8(15-7)2-6(12)4-14-10;;1-3-5-6-4-2;1-2/h1-28H;1-12,19H;1-4H;1H4;;. The normalized spacial score (nSPS) is 10.9. The molecule has 18 rings (SSSR count). The van der Waals surface area contributed by atoms with Gasteiger partial charge < -0.3 is 37.2 Å². The van der Waals surface area contributed by atoms with Crippen molar-refractivity contribution >= 4 is 268 Å². The van der Waals surface area contributed by atoms with Gasteiger partial charge in [-0.05, 0) is 135 Å². The van der Waals surface area contributed by atoms with Crippen LogP contribution in [0.3, 0.4) is 0 Å². The third kappa shape index (κ3) is 14.1. The monoisotopic (exact) mass is 1540 g/mol. The Morgan fingerprint density at radius 2 is 0.619 bits per heavy atom. The van der Waals surface area contributed by atoms with Gasteiger partial charge in [0, 0.05) is 198 Å². The molecular formula is C75H49Br2N7O5S8. The first-order chi connectivity index (χ1) is 47.3. The summed E-state index contributed by atoms with van der Waals surface area (Å²) in [6.45, 7) is 0. The van der Waals surface area contributed by atoms with Crippen molar-refractivity contribution in [2.24, 2.45) is 0 Å². The Morgan fingerprint density at radius 1 is 0.299 bits per heavy atom. The van der Waals surface area contributed by atoms with Gasteiger partial charge >= 0.3 is 0 Å². The average Bonchev–Trinajstić information content (AvgIpc) is 1.71. The molecule has 0 aliphatic rings. The van der Waals surface area contributed by atoms with E-state index in [1.54, 1.807) is 12.4 Å². The second-order valence-corrected chi connectivity index (χ2v) is 30.2. The fourth-order valence-electron chi connectivity index (χ4n) is 11.5. The van der Waals surface area contributed by atoms with Crippen molar-refractivity contribution in [3.8, 4) is 0 Å². The number of hydrogen-bond donors (Lipinski definition) is 1. The van der Waals surface area contributed by atoms with Gasteiger partial charge in [0.05, 0.1) is 23.8 Å². The Hall–Kier alpha value is -9.30. The lowest BCUT2D eigenvalue weighted by atomic mass is 10.1. The molecule has 1 N–H and O–H groups in total. The highest BCUT2D eigenvalue weighted by molar-refractivity contribution is 9.10. The summed E-state index contributed by atoms with van der Waals surface area (Å²) in [7, 11) is 5.63. The van der Waals surface area contributed by atoms with Crippen LogP contribution >= 0.6 is 31.9 Å². The summed E-state index contributed by atoms with van der Waals surface area (Å²) in [5.74, 6) is 0. The molecule has 12 nitrogen and oxygen atoms in total. The van der Waals surface area contributed by atoms with Gasteiger partial charge in [0.25, 0.3) is 0 Å². The van der Waals surface area contributed by atoms with Crippen LogP contribution in [0.1, 0.15) is 7.43 Å². The quantitative estimate of drug-likeness (QED) is 0.154. The van der Waals surface area contributed by atoms with E-state index in [4.69, 9.17) is 32.1 Å². The van der Waals surface area contributed by atoms with E-state index in [9.17, 15) is 0 Å². The predicted molar refractivity (Wildman–Crippen MR) is 427 cm³/mol. The van der Waals surface area contributed by atoms with Gasteiger partial charge in [0.1, 0.15) is 55.6 Å². The molecule has 9 heterocycles. The minimum atomic E-state index is 0. The molecule has 9 aromatic carbocycles. The number of furan rings is 5. The lowest BCUT2D eigenvalue weighted by Crippen LogP contribution is -2.10. The Morgan fingerprint density at radius 3 is 1.03 bits per heavy atom. The van der Waals surface area contributed by atoms with Crippen molar-refractivity contribution in [3.05, 3.63) is 276 Å². The molecule has 0 radical (unpaired) electrons. The van der Waals surface area contributed by atoms with E-state index in [1.165, 1.54) is 35.5 Å². The van der Waals surface area contributed by atoms with Crippen molar-refractivity contribution in [2.45, 2.75) is 7.43 Å². The highest BCUT2D eigenvalue weighted by Gasteiger charge is 2.22. The second kappa shape index (κ2) is 30.4. The third-order valence-electron chi connectivity index (χ3n) is 15.5. The van der Waals surface area contributed by atoms with Crippen molar-refractivity contribution in [2.75, 3.05) is 15.1 Å². The molecule has 0 amide bonds. The van der Waals surface area contributed by atoms with Crippen molar-refractivity contribution in [3.63, 3.8) is 0 Å². The number of fused-ring (bicyclic) bond motifs is 15. The molecule has 0 fully saturated rings. The fourth-order valence-corrected chi connectivity index (χ4v) is 17.6. The molecule has 9 aromatic heterocycles. The topological polar surface area (TPSA) is 136 Å². The zero-order valence-corrected chi connectivity index (χ0v) is 59.4. The molecule has 97 heavy (non-hydrogen) atoms. The van der Waals surface area contributed by atoms with Crippen LogP contribution in [0.15, 0.2) is 298 Å². The molecule has 476 valence electrons. The van der Waals surface area contributed by atoms with Crippen molar-refractivity contribution < 1.29 is 22.1 Å². The number of pyridine rings is 4. The molecule has 0 atom stereocenters. The minimum Gasteiger partial charge on any atom is -0.456 e. The molecule has 0 unspecified atom stereocenters. The third-order valence-corrected chi connectivity index (χ3v) is 23.0. The van der Waals surface area contributed by atoms with Gasteiger partial charge in [0.2, 0.25) is 0 Å². The SMILES string of the molecule is Brc1cnc2c(c1)oc1cc(Br)cnc12.C.S=S.S=S=S=S=S=S.c1ccc(N(c2ccc3c(c2)oc2ccccc23)c2cnc3c(c2)oc2cc(N(c4ccccc4)c4ccc5c(c4)oc4ccccc45)cnc23)cc1.c1ccc(Nc2ccc3c(c2)oc2ccccc23)cc1. The number of nitrogens with one attached hydrogen (secondary N) is 1. The summed E-state index contributed by atoms with van der Waals surface area (Å²) < 4.78 is 32.4. The van der Waals surface area contributed by atoms with E-state index < -0.39 is 0 Å². The Kier molecular flexibility index (Phi) is 20.8. The Labute approximate surface area is 603 Å². The molecule has 0 saturated carbocycles. The molecule has 0 aliphatic carbocycles.